The van der Waals surface area contributed by atoms with E-state index in [4.69, 9.17) is 10.5 Å². The number of hydrogen-bond donors (Lipinski definition) is 1. The summed E-state index contributed by atoms with van der Waals surface area (Å²) < 4.78 is 18.0. The Kier molecular flexibility index (Phi) is 1.73. The van der Waals surface area contributed by atoms with Crippen LogP contribution in [-0.4, -0.2) is 6.23 Å². The van der Waals surface area contributed by atoms with E-state index in [1.54, 1.807) is 6.07 Å². The maximum Gasteiger partial charge on any atom is 0.148 e. The van der Waals surface area contributed by atoms with Crippen LogP contribution in [0, 0.1) is 5.82 Å². The van der Waals surface area contributed by atoms with Gasteiger partial charge in [0.2, 0.25) is 0 Å². The molecule has 12 heavy (non-hydrogen) atoms. The van der Waals surface area contributed by atoms with Crippen molar-refractivity contribution in [3.05, 3.63) is 29.6 Å². The third-order valence-electron chi connectivity index (χ3n) is 2.00. The maximum absolute atomic E-state index is 12.7. The molecule has 3 heteroatoms. The third-order valence-corrected chi connectivity index (χ3v) is 2.00. The molecule has 1 atom stereocenters. The molecule has 0 aromatic heterocycles. The standard InChI is InChI=1S/C9H10FNO/c10-7-2-3-8-6(5-7)1-4-9(11)12-8/h2-3,5,9H,1,4,11H2. The second-order valence-corrected chi connectivity index (χ2v) is 2.95. The van der Waals surface area contributed by atoms with Gasteiger partial charge in [-0.3, -0.25) is 5.73 Å². The SMILES string of the molecule is NC1CCc2cc(F)ccc2O1. The van der Waals surface area contributed by atoms with Crippen molar-refractivity contribution in [3.63, 3.8) is 0 Å². The van der Waals surface area contributed by atoms with Crippen LogP contribution in [0.5, 0.6) is 5.75 Å². The first-order chi connectivity index (χ1) is 5.75. The summed E-state index contributed by atoms with van der Waals surface area (Å²) in [5.74, 6) is 0.503. The predicted octanol–water partition coefficient (Wildman–Crippen LogP) is 1.44. The van der Waals surface area contributed by atoms with Crippen LogP contribution < -0.4 is 10.5 Å². The summed E-state index contributed by atoms with van der Waals surface area (Å²) in [5.41, 5.74) is 6.49. The number of ether oxygens (including phenoxy) is 1. The van der Waals surface area contributed by atoms with E-state index >= 15 is 0 Å². The molecule has 0 saturated heterocycles. The number of hydrogen-bond acceptors (Lipinski definition) is 2. The number of aryl methyl sites for hydroxylation is 1. The van der Waals surface area contributed by atoms with Gasteiger partial charge in [0.1, 0.15) is 17.8 Å². The average molecular weight is 167 g/mol. The smallest absolute Gasteiger partial charge is 0.148 e. The Morgan fingerprint density at radius 2 is 2.33 bits per heavy atom. The summed E-state index contributed by atoms with van der Waals surface area (Å²) in [4.78, 5) is 0. The molecular formula is C9H10FNO. The summed E-state index contributed by atoms with van der Waals surface area (Å²) in [7, 11) is 0. The summed E-state index contributed by atoms with van der Waals surface area (Å²) in [5, 5.41) is 0. The number of rotatable bonds is 0. The van der Waals surface area contributed by atoms with E-state index in [-0.39, 0.29) is 12.0 Å². The summed E-state index contributed by atoms with van der Waals surface area (Å²) in [6.45, 7) is 0. The first-order valence-corrected chi connectivity index (χ1v) is 3.96. The normalized spacial score (nSPS) is 21.3. The van der Waals surface area contributed by atoms with Gasteiger partial charge in [-0.2, -0.15) is 0 Å². The highest BCUT2D eigenvalue weighted by molar-refractivity contribution is 5.35. The van der Waals surface area contributed by atoms with Gasteiger partial charge < -0.3 is 4.74 Å². The lowest BCUT2D eigenvalue weighted by atomic mass is 10.1. The van der Waals surface area contributed by atoms with Gasteiger partial charge in [-0.05, 0) is 30.2 Å². The topological polar surface area (TPSA) is 35.2 Å². The fourth-order valence-corrected chi connectivity index (χ4v) is 1.38. The molecule has 2 N–H and O–H groups in total. The third kappa shape index (κ3) is 1.28. The van der Waals surface area contributed by atoms with Gasteiger partial charge in [0.25, 0.3) is 0 Å². The van der Waals surface area contributed by atoms with Crippen LogP contribution in [0.2, 0.25) is 0 Å². The Labute approximate surface area is 70.1 Å². The van der Waals surface area contributed by atoms with E-state index in [9.17, 15) is 4.39 Å². The molecule has 0 bridgehead atoms. The molecule has 64 valence electrons. The molecule has 0 radical (unpaired) electrons. The highest BCUT2D eigenvalue weighted by Gasteiger charge is 2.16. The monoisotopic (exact) mass is 167 g/mol. The lowest BCUT2D eigenvalue weighted by Gasteiger charge is -2.22. The van der Waals surface area contributed by atoms with Gasteiger partial charge >= 0.3 is 0 Å². The predicted molar refractivity (Wildman–Crippen MR) is 43.3 cm³/mol. The Hall–Kier alpha value is -1.09. The van der Waals surface area contributed by atoms with Gasteiger partial charge in [0.05, 0.1) is 0 Å². The summed E-state index contributed by atoms with van der Waals surface area (Å²) in [6.07, 6.45) is 1.33. The first-order valence-electron chi connectivity index (χ1n) is 3.96. The minimum absolute atomic E-state index is 0.215. The Morgan fingerprint density at radius 1 is 1.50 bits per heavy atom. The van der Waals surface area contributed by atoms with E-state index in [0.29, 0.717) is 0 Å². The van der Waals surface area contributed by atoms with Gasteiger partial charge in [0.15, 0.2) is 0 Å². The van der Waals surface area contributed by atoms with Crippen LogP contribution in [0.1, 0.15) is 12.0 Å². The van der Waals surface area contributed by atoms with Crippen LogP contribution >= 0.6 is 0 Å². The zero-order valence-corrected chi connectivity index (χ0v) is 6.59. The largest absolute Gasteiger partial charge is 0.475 e. The Balaban J connectivity index is 2.37. The summed E-state index contributed by atoms with van der Waals surface area (Å²) >= 11 is 0. The zero-order chi connectivity index (χ0) is 8.55. The molecule has 1 aromatic rings. The number of halogens is 1. The summed E-state index contributed by atoms with van der Waals surface area (Å²) in [6, 6.07) is 4.52. The van der Waals surface area contributed by atoms with E-state index in [1.165, 1.54) is 12.1 Å². The van der Waals surface area contributed by atoms with Crippen molar-refractivity contribution < 1.29 is 9.13 Å². The fourth-order valence-electron chi connectivity index (χ4n) is 1.38. The highest BCUT2D eigenvalue weighted by Crippen LogP contribution is 2.26. The van der Waals surface area contributed by atoms with Crippen molar-refractivity contribution in [1.82, 2.24) is 0 Å². The van der Waals surface area contributed by atoms with Gasteiger partial charge in [0, 0.05) is 6.42 Å². The van der Waals surface area contributed by atoms with Crippen molar-refractivity contribution in [1.29, 1.82) is 0 Å². The fraction of sp³-hybridized carbons (Fsp3) is 0.333. The molecule has 1 aliphatic rings. The first kappa shape index (κ1) is 7.55. The number of fused-ring (bicyclic) bond motifs is 1. The van der Waals surface area contributed by atoms with Gasteiger partial charge in [-0.25, -0.2) is 4.39 Å². The van der Waals surface area contributed by atoms with Crippen LogP contribution in [0.3, 0.4) is 0 Å². The lowest BCUT2D eigenvalue weighted by molar-refractivity contribution is 0.180. The number of benzene rings is 1. The minimum atomic E-state index is -0.233. The molecule has 0 aliphatic carbocycles. The second-order valence-electron chi connectivity index (χ2n) is 2.95. The van der Waals surface area contributed by atoms with E-state index < -0.39 is 0 Å². The van der Waals surface area contributed by atoms with Gasteiger partial charge in [-0.1, -0.05) is 0 Å². The zero-order valence-electron chi connectivity index (χ0n) is 6.59. The lowest BCUT2D eigenvalue weighted by Crippen LogP contribution is -2.31. The molecule has 2 rings (SSSR count). The molecular weight excluding hydrogens is 157 g/mol. The number of nitrogens with two attached hydrogens (primary N) is 1. The molecule has 0 amide bonds. The molecule has 0 saturated carbocycles. The maximum atomic E-state index is 12.7. The van der Waals surface area contributed by atoms with Crippen molar-refractivity contribution in [2.75, 3.05) is 0 Å². The molecule has 1 unspecified atom stereocenters. The van der Waals surface area contributed by atoms with Crippen molar-refractivity contribution in [2.45, 2.75) is 19.1 Å². The van der Waals surface area contributed by atoms with E-state index in [0.717, 1.165) is 24.2 Å². The second kappa shape index (κ2) is 2.75. The molecule has 1 aliphatic heterocycles. The van der Waals surface area contributed by atoms with Crippen molar-refractivity contribution in [2.24, 2.45) is 5.73 Å². The van der Waals surface area contributed by atoms with Crippen molar-refractivity contribution in [3.8, 4) is 5.75 Å². The van der Waals surface area contributed by atoms with E-state index in [1.807, 2.05) is 0 Å². The van der Waals surface area contributed by atoms with Crippen LogP contribution in [0.25, 0.3) is 0 Å². The molecule has 0 fully saturated rings. The Morgan fingerprint density at radius 3 is 3.17 bits per heavy atom. The minimum Gasteiger partial charge on any atom is -0.475 e. The average Bonchev–Trinajstić information content (AvgIpc) is 2.05. The molecule has 1 heterocycles. The molecule has 2 nitrogen and oxygen atoms in total. The van der Waals surface area contributed by atoms with Gasteiger partial charge in [-0.15, -0.1) is 0 Å². The molecule has 0 spiro atoms. The van der Waals surface area contributed by atoms with Crippen molar-refractivity contribution >= 4 is 0 Å². The van der Waals surface area contributed by atoms with E-state index in [2.05, 4.69) is 0 Å². The van der Waals surface area contributed by atoms with Crippen LogP contribution in [0.4, 0.5) is 4.39 Å². The van der Waals surface area contributed by atoms with Crippen LogP contribution in [0.15, 0.2) is 18.2 Å². The quantitative estimate of drug-likeness (QED) is 0.634. The van der Waals surface area contributed by atoms with Crippen LogP contribution in [-0.2, 0) is 6.42 Å². The highest BCUT2D eigenvalue weighted by atomic mass is 19.1. The Bertz CT molecular complexity index is 301. The molecule has 1 aromatic carbocycles.